The molecule has 7 heteroatoms. The van der Waals surface area contributed by atoms with Crippen LogP contribution < -0.4 is 16.0 Å². The highest BCUT2D eigenvalue weighted by Gasteiger charge is 2.07. The molecule has 0 aliphatic rings. The van der Waals surface area contributed by atoms with Gasteiger partial charge in [0.25, 0.3) is 5.91 Å². The van der Waals surface area contributed by atoms with Crippen molar-refractivity contribution in [1.82, 2.24) is 15.3 Å². The molecular formula is C17H22FN5O. The van der Waals surface area contributed by atoms with Gasteiger partial charge in [-0.2, -0.15) is 0 Å². The molecule has 0 fully saturated rings. The number of benzene rings is 1. The minimum absolute atomic E-state index is 0.303. The monoisotopic (exact) mass is 331 g/mol. The third-order valence-electron chi connectivity index (χ3n) is 3.35. The van der Waals surface area contributed by atoms with Gasteiger partial charge in [0.05, 0.1) is 0 Å². The third-order valence-corrected chi connectivity index (χ3v) is 3.35. The lowest BCUT2D eigenvalue weighted by atomic mass is 10.1. The van der Waals surface area contributed by atoms with Gasteiger partial charge in [-0.15, -0.1) is 0 Å². The highest BCUT2D eigenvalue weighted by molar-refractivity contribution is 5.94. The van der Waals surface area contributed by atoms with E-state index in [0.717, 1.165) is 12.4 Å². The van der Waals surface area contributed by atoms with E-state index in [-0.39, 0.29) is 11.7 Å². The Kier molecular flexibility index (Phi) is 6.06. The van der Waals surface area contributed by atoms with Crippen LogP contribution in [0.4, 0.5) is 16.0 Å². The molecule has 0 saturated carbocycles. The fourth-order valence-electron chi connectivity index (χ4n) is 2.13. The molecule has 1 aromatic heterocycles. The number of nitrogens with zero attached hydrogens (tertiary/aromatic N) is 2. The van der Waals surface area contributed by atoms with Crippen LogP contribution in [0.1, 0.15) is 28.7 Å². The number of carbonyl (C=O) groups excluding carboxylic acids is 1. The van der Waals surface area contributed by atoms with Gasteiger partial charge in [0.1, 0.15) is 23.3 Å². The van der Waals surface area contributed by atoms with Crippen molar-refractivity contribution in [1.29, 1.82) is 0 Å². The van der Waals surface area contributed by atoms with Crippen molar-refractivity contribution in [2.75, 3.05) is 30.3 Å². The average molecular weight is 331 g/mol. The molecule has 2 rings (SSSR count). The van der Waals surface area contributed by atoms with E-state index in [1.54, 1.807) is 19.1 Å². The number of aryl methyl sites for hydroxylation is 2. The number of hydrogen-bond acceptors (Lipinski definition) is 5. The minimum atomic E-state index is -0.381. The Morgan fingerprint density at radius 1 is 1.08 bits per heavy atom. The Morgan fingerprint density at radius 3 is 2.46 bits per heavy atom. The normalized spacial score (nSPS) is 10.3. The summed E-state index contributed by atoms with van der Waals surface area (Å²) in [5.74, 6) is 1.42. The molecule has 3 N–H and O–H groups in total. The zero-order chi connectivity index (χ0) is 17.5. The number of hydrogen-bond donors (Lipinski definition) is 3. The van der Waals surface area contributed by atoms with Crippen LogP contribution in [-0.2, 0) is 0 Å². The maximum atomic E-state index is 13.5. The largest absolute Gasteiger partial charge is 0.370 e. The number of anilines is 2. The summed E-state index contributed by atoms with van der Waals surface area (Å²) in [7, 11) is 0. The number of nitrogens with one attached hydrogen (secondary N) is 3. The zero-order valence-electron chi connectivity index (χ0n) is 14.1. The van der Waals surface area contributed by atoms with Gasteiger partial charge < -0.3 is 16.0 Å². The smallest absolute Gasteiger partial charge is 0.251 e. The van der Waals surface area contributed by atoms with Crippen molar-refractivity contribution in [3.05, 3.63) is 47.0 Å². The van der Waals surface area contributed by atoms with Gasteiger partial charge >= 0.3 is 0 Å². The topological polar surface area (TPSA) is 78.9 Å². The minimum Gasteiger partial charge on any atom is -0.370 e. The molecule has 1 amide bonds. The maximum Gasteiger partial charge on any atom is 0.251 e. The van der Waals surface area contributed by atoms with Crippen LogP contribution in [0.2, 0.25) is 0 Å². The predicted octanol–water partition coefficient (Wildman–Crippen LogP) is 2.51. The fourth-order valence-corrected chi connectivity index (χ4v) is 2.13. The molecule has 0 bridgehead atoms. The molecule has 24 heavy (non-hydrogen) atoms. The van der Waals surface area contributed by atoms with Crippen LogP contribution in [0.25, 0.3) is 0 Å². The molecule has 0 aliphatic carbocycles. The second-order valence-electron chi connectivity index (χ2n) is 5.36. The first-order valence-corrected chi connectivity index (χ1v) is 7.87. The second-order valence-corrected chi connectivity index (χ2v) is 5.36. The number of carbonyl (C=O) groups is 1. The van der Waals surface area contributed by atoms with Crippen LogP contribution in [-0.4, -0.2) is 35.5 Å². The standard InChI is InChI=1S/C17H22FN5O/c1-4-19-15-10-16(23-12(3)22-15)20-7-8-21-17(24)13-6-5-11(2)14(18)9-13/h5-6,9-10H,4,7-8H2,1-3H3,(H,21,24)(H2,19,20,22,23). The van der Waals surface area contributed by atoms with Crippen molar-refractivity contribution in [3.63, 3.8) is 0 Å². The summed E-state index contributed by atoms with van der Waals surface area (Å²) in [6.07, 6.45) is 0. The molecular weight excluding hydrogens is 309 g/mol. The van der Waals surface area contributed by atoms with Gasteiger partial charge in [-0.25, -0.2) is 14.4 Å². The second kappa shape index (κ2) is 8.24. The highest BCUT2D eigenvalue weighted by atomic mass is 19.1. The van der Waals surface area contributed by atoms with Crippen LogP contribution in [0.5, 0.6) is 0 Å². The lowest BCUT2D eigenvalue weighted by molar-refractivity contribution is 0.0954. The Bertz CT molecular complexity index is 720. The summed E-state index contributed by atoms with van der Waals surface area (Å²) in [4.78, 5) is 20.5. The fraction of sp³-hybridized carbons (Fsp3) is 0.353. The lowest BCUT2D eigenvalue weighted by Crippen LogP contribution is -2.29. The van der Waals surface area contributed by atoms with Crippen LogP contribution in [0, 0.1) is 19.7 Å². The van der Waals surface area contributed by atoms with E-state index in [4.69, 9.17) is 0 Å². The Hall–Kier alpha value is -2.70. The number of rotatable bonds is 7. The number of aromatic nitrogens is 2. The molecule has 0 unspecified atom stereocenters. The average Bonchev–Trinajstić information content (AvgIpc) is 2.54. The first-order valence-electron chi connectivity index (χ1n) is 7.87. The lowest BCUT2D eigenvalue weighted by Gasteiger charge is -2.10. The van der Waals surface area contributed by atoms with Crippen molar-refractivity contribution < 1.29 is 9.18 Å². The summed E-state index contributed by atoms with van der Waals surface area (Å²) in [5.41, 5.74) is 0.828. The molecule has 0 saturated heterocycles. The van der Waals surface area contributed by atoms with E-state index in [2.05, 4.69) is 25.9 Å². The van der Waals surface area contributed by atoms with Crippen LogP contribution in [0.15, 0.2) is 24.3 Å². The summed E-state index contributed by atoms with van der Waals surface area (Å²) < 4.78 is 13.5. The maximum absolute atomic E-state index is 13.5. The number of halogens is 1. The van der Waals surface area contributed by atoms with Gasteiger partial charge in [0.15, 0.2) is 0 Å². The summed E-state index contributed by atoms with van der Waals surface area (Å²) >= 11 is 0. The molecule has 6 nitrogen and oxygen atoms in total. The Labute approximate surface area is 140 Å². The van der Waals surface area contributed by atoms with Crippen molar-refractivity contribution in [2.45, 2.75) is 20.8 Å². The van der Waals surface area contributed by atoms with E-state index in [1.165, 1.54) is 6.07 Å². The van der Waals surface area contributed by atoms with Gasteiger partial charge in [-0.1, -0.05) is 6.07 Å². The number of amides is 1. The highest BCUT2D eigenvalue weighted by Crippen LogP contribution is 2.11. The molecule has 1 heterocycles. The van der Waals surface area contributed by atoms with Crippen LogP contribution in [0.3, 0.4) is 0 Å². The molecule has 2 aromatic rings. The molecule has 0 atom stereocenters. The SMILES string of the molecule is CCNc1cc(NCCNC(=O)c2ccc(C)c(F)c2)nc(C)n1. The molecule has 0 aliphatic heterocycles. The summed E-state index contributed by atoms with van der Waals surface area (Å²) in [5, 5.41) is 9.01. The third kappa shape index (κ3) is 4.91. The van der Waals surface area contributed by atoms with E-state index >= 15 is 0 Å². The first-order chi connectivity index (χ1) is 11.5. The predicted molar refractivity (Wildman–Crippen MR) is 92.9 cm³/mol. The molecule has 1 aromatic carbocycles. The molecule has 0 radical (unpaired) electrons. The van der Waals surface area contributed by atoms with Crippen molar-refractivity contribution >= 4 is 17.5 Å². The first kappa shape index (κ1) is 17.7. The van der Waals surface area contributed by atoms with Crippen LogP contribution >= 0.6 is 0 Å². The Morgan fingerprint density at radius 2 is 1.79 bits per heavy atom. The summed E-state index contributed by atoms with van der Waals surface area (Å²) in [6.45, 7) is 7.15. The van der Waals surface area contributed by atoms with E-state index < -0.39 is 0 Å². The van der Waals surface area contributed by atoms with Gasteiger partial charge in [-0.05, 0) is 38.5 Å². The molecule has 0 spiro atoms. The van der Waals surface area contributed by atoms with Gasteiger partial charge in [-0.3, -0.25) is 4.79 Å². The zero-order valence-corrected chi connectivity index (χ0v) is 14.1. The van der Waals surface area contributed by atoms with Crippen molar-refractivity contribution in [2.24, 2.45) is 0 Å². The Balaban J connectivity index is 1.84. The summed E-state index contributed by atoms with van der Waals surface area (Å²) in [6, 6.07) is 6.26. The van der Waals surface area contributed by atoms with Gasteiger partial charge in [0.2, 0.25) is 0 Å². The van der Waals surface area contributed by atoms with E-state index in [1.807, 2.05) is 19.9 Å². The quantitative estimate of drug-likeness (QED) is 0.680. The van der Waals surface area contributed by atoms with E-state index in [0.29, 0.717) is 35.9 Å². The molecule has 128 valence electrons. The van der Waals surface area contributed by atoms with E-state index in [9.17, 15) is 9.18 Å². The van der Waals surface area contributed by atoms with Gasteiger partial charge in [0, 0.05) is 31.3 Å². The van der Waals surface area contributed by atoms with Crippen molar-refractivity contribution in [3.8, 4) is 0 Å².